The molecule has 0 bridgehead atoms. The molecule has 0 aromatic carbocycles. The van der Waals surface area contributed by atoms with Crippen molar-refractivity contribution in [3.63, 3.8) is 0 Å². The largest absolute Gasteiger partial charge is 0.444 e. The second-order valence-electron chi connectivity index (χ2n) is 13.8. The highest BCUT2D eigenvalue weighted by atomic mass is 28.3. The molecule has 2 fully saturated rings. The number of rotatable bonds is 9. The van der Waals surface area contributed by atoms with Gasteiger partial charge in [0.2, 0.25) is 6.54 Å². The monoisotopic (exact) mass is 593 g/mol. The molecule has 2 aliphatic rings. The number of piperidine rings is 1. The van der Waals surface area contributed by atoms with E-state index in [1.54, 1.807) is 22.1 Å². The minimum absolute atomic E-state index is 0.241. The van der Waals surface area contributed by atoms with E-state index in [2.05, 4.69) is 44.5 Å². The van der Waals surface area contributed by atoms with Crippen LogP contribution in [-0.2, 0) is 21.7 Å². The summed E-state index contributed by atoms with van der Waals surface area (Å²) in [5, 5.41) is 10.1. The predicted molar refractivity (Wildman–Crippen MR) is 162 cm³/mol. The highest BCUT2D eigenvalue weighted by Crippen LogP contribution is 2.35. The van der Waals surface area contributed by atoms with Crippen molar-refractivity contribution in [3.8, 4) is 11.3 Å². The summed E-state index contributed by atoms with van der Waals surface area (Å²) in [6, 6.07) is 1.47. The van der Waals surface area contributed by atoms with Crippen molar-refractivity contribution in [2.75, 3.05) is 39.3 Å². The van der Waals surface area contributed by atoms with Crippen molar-refractivity contribution >= 4 is 25.2 Å². The number of hydrogen-bond donors (Lipinski definition) is 0. The number of fused-ring (bicyclic) bond motifs is 1. The van der Waals surface area contributed by atoms with E-state index >= 15 is 0 Å². The predicted octanol–water partition coefficient (Wildman–Crippen LogP) is 4.33. The first-order valence-corrected chi connectivity index (χ1v) is 18.4. The third kappa shape index (κ3) is 6.66. The molecule has 0 spiro atoms. The number of amides is 1. The molecule has 5 rings (SSSR count). The summed E-state index contributed by atoms with van der Waals surface area (Å²) in [6.07, 6.45) is 8.70. The Labute approximate surface area is 248 Å². The summed E-state index contributed by atoms with van der Waals surface area (Å²) in [5.74, 6) is 0. The van der Waals surface area contributed by atoms with Gasteiger partial charge < -0.3 is 19.2 Å². The maximum Gasteiger partial charge on any atom is 0.410 e. The number of carbonyl (C=O) groups is 1. The van der Waals surface area contributed by atoms with E-state index in [1.807, 2.05) is 37.8 Å². The number of carbonyl (C=O) groups excluding carboxylic acids is 1. The molecule has 3 aromatic rings. The fraction of sp³-hybridized carbons (Fsp3) is 0.655. The topological polar surface area (TPSA) is 108 Å². The highest BCUT2D eigenvalue weighted by Gasteiger charge is 2.51. The normalized spacial score (nSPS) is 18.2. The van der Waals surface area contributed by atoms with Gasteiger partial charge in [-0.3, -0.25) is 9.58 Å². The first-order chi connectivity index (χ1) is 19.9. The van der Waals surface area contributed by atoms with Crippen LogP contribution in [0.4, 0.5) is 4.79 Å². The minimum atomic E-state index is -1.16. The average molecular weight is 594 g/mol. The van der Waals surface area contributed by atoms with Crippen LogP contribution in [0.25, 0.3) is 27.1 Å². The molecule has 42 heavy (non-hydrogen) atoms. The van der Waals surface area contributed by atoms with E-state index in [0.29, 0.717) is 39.0 Å². The molecular weight excluding hydrogens is 550 g/mol. The van der Waals surface area contributed by atoms with Gasteiger partial charge in [0.15, 0.2) is 11.2 Å². The Kier molecular flexibility index (Phi) is 8.42. The molecule has 0 atom stereocenters. The first kappa shape index (κ1) is 30.1. The molecule has 0 N–H and O–H groups in total. The Balaban J connectivity index is 1.23. The van der Waals surface area contributed by atoms with Crippen molar-refractivity contribution in [1.82, 2.24) is 39.3 Å². The van der Waals surface area contributed by atoms with E-state index in [0.717, 1.165) is 54.3 Å². The Morgan fingerprint density at radius 2 is 1.88 bits per heavy atom. The molecule has 2 aliphatic heterocycles. The summed E-state index contributed by atoms with van der Waals surface area (Å²) in [6.45, 7) is 24.6. The molecule has 13 heteroatoms. The lowest BCUT2D eigenvalue weighted by atomic mass is 9.86. The average Bonchev–Trinajstić information content (AvgIpc) is 3.55. The lowest BCUT2D eigenvalue weighted by molar-refractivity contribution is -0.0398. The third-order valence-corrected chi connectivity index (χ3v) is 9.69. The number of likely N-dealkylation sites (tertiary alicyclic amines) is 2. The molecule has 5 heterocycles. The fourth-order valence-electron chi connectivity index (χ4n) is 5.62. The standard InChI is InChI=1S/C29H43N9O3Si/c1-28(2,3)41-27(39)35-10-8-23(9-11-35)36-18-29(19-36,17-30-4)38-16-22(14-34-38)25-24-15-33-37(26(24)32-20-31-25)21-40-12-13-42(5,6)7/h14-16,20,23H,8-13,17-19,21H2,1-3,5-7H3. The van der Waals surface area contributed by atoms with E-state index in [4.69, 9.17) is 21.1 Å². The van der Waals surface area contributed by atoms with Crippen LogP contribution < -0.4 is 0 Å². The second kappa shape index (κ2) is 11.7. The van der Waals surface area contributed by atoms with Gasteiger partial charge in [0.05, 0.1) is 23.5 Å². The Bertz CT molecular complexity index is 1430. The van der Waals surface area contributed by atoms with Crippen molar-refractivity contribution < 1.29 is 14.3 Å². The Morgan fingerprint density at radius 1 is 1.14 bits per heavy atom. The maximum absolute atomic E-state index is 12.5. The first-order valence-electron chi connectivity index (χ1n) is 14.7. The number of nitrogens with zero attached hydrogens (tertiary/aromatic N) is 9. The van der Waals surface area contributed by atoms with Crippen molar-refractivity contribution in [2.24, 2.45) is 0 Å². The molecule has 2 saturated heterocycles. The molecule has 0 saturated carbocycles. The molecule has 0 unspecified atom stereocenters. The Hall–Kier alpha value is -3.34. The quantitative estimate of drug-likeness (QED) is 0.205. The van der Waals surface area contributed by atoms with E-state index < -0.39 is 13.7 Å². The third-order valence-electron chi connectivity index (χ3n) is 7.99. The van der Waals surface area contributed by atoms with Crippen LogP contribution in [0.1, 0.15) is 33.6 Å². The van der Waals surface area contributed by atoms with Gasteiger partial charge in [-0.2, -0.15) is 10.2 Å². The lowest BCUT2D eigenvalue weighted by Gasteiger charge is -2.52. The molecule has 0 radical (unpaired) electrons. The van der Waals surface area contributed by atoms with Crippen molar-refractivity contribution in [2.45, 2.75) is 83.2 Å². The van der Waals surface area contributed by atoms with Crippen LogP contribution in [0.15, 0.2) is 24.9 Å². The van der Waals surface area contributed by atoms with E-state index in [-0.39, 0.29) is 11.6 Å². The van der Waals surface area contributed by atoms with E-state index in [1.165, 1.54) is 0 Å². The molecule has 3 aromatic heterocycles. The number of ether oxygens (including phenoxy) is 2. The van der Waals surface area contributed by atoms with Gasteiger partial charge in [-0.25, -0.2) is 26.0 Å². The van der Waals surface area contributed by atoms with Crippen LogP contribution in [0.5, 0.6) is 0 Å². The van der Waals surface area contributed by atoms with Crippen molar-refractivity contribution in [1.29, 1.82) is 0 Å². The van der Waals surface area contributed by atoms with Gasteiger partial charge in [-0.05, 0) is 39.7 Å². The van der Waals surface area contributed by atoms with Gasteiger partial charge >= 0.3 is 6.09 Å². The number of hydrogen-bond acceptors (Lipinski definition) is 8. The number of aromatic nitrogens is 6. The smallest absolute Gasteiger partial charge is 0.410 e. The zero-order valence-corrected chi connectivity index (χ0v) is 26.7. The van der Waals surface area contributed by atoms with Gasteiger partial charge in [-0.15, -0.1) is 0 Å². The van der Waals surface area contributed by atoms with Gasteiger partial charge in [0.25, 0.3) is 0 Å². The van der Waals surface area contributed by atoms with Gasteiger partial charge in [0, 0.05) is 58.7 Å². The van der Waals surface area contributed by atoms with Gasteiger partial charge in [0.1, 0.15) is 18.7 Å². The highest BCUT2D eigenvalue weighted by molar-refractivity contribution is 6.76. The van der Waals surface area contributed by atoms with Gasteiger partial charge in [-0.1, -0.05) is 19.6 Å². The molecule has 226 valence electrons. The molecule has 12 nitrogen and oxygen atoms in total. The summed E-state index contributed by atoms with van der Waals surface area (Å²) < 4.78 is 15.2. The minimum Gasteiger partial charge on any atom is -0.444 e. The zero-order valence-electron chi connectivity index (χ0n) is 25.7. The lowest BCUT2D eigenvalue weighted by Crippen LogP contribution is -2.67. The molecular formula is C29H43N9O3Si. The summed E-state index contributed by atoms with van der Waals surface area (Å²) in [4.78, 5) is 29.5. The second-order valence-corrected chi connectivity index (χ2v) is 19.4. The van der Waals surface area contributed by atoms with Crippen LogP contribution >= 0.6 is 0 Å². The maximum atomic E-state index is 12.5. The summed E-state index contributed by atoms with van der Waals surface area (Å²) in [7, 11) is -1.16. The van der Waals surface area contributed by atoms with E-state index in [9.17, 15) is 4.79 Å². The zero-order chi connectivity index (χ0) is 30.1. The van der Waals surface area contributed by atoms with Crippen molar-refractivity contribution in [3.05, 3.63) is 36.3 Å². The summed E-state index contributed by atoms with van der Waals surface area (Å²) >= 11 is 0. The molecule has 1 amide bonds. The van der Waals surface area contributed by atoms with Crippen LogP contribution in [0.2, 0.25) is 25.7 Å². The summed E-state index contributed by atoms with van der Waals surface area (Å²) in [5.41, 5.74) is 1.48. The molecule has 0 aliphatic carbocycles. The van der Waals surface area contributed by atoms with Crippen LogP contribution in [-0.4, -0.2) is 104 Å². The Morgan fingerprint density at radius 3 is 2.55 bits per heavy atom. The van der Waals surface area contributed by atoms with Crippen LogP contribution in [0, 0.1) is 6.57 Å². The van der Waals surface area contributed by atoms with Crippen LogP contribution in [0.3, 0.4) is 0 Å². The fourth-order valence-corrected chi connectivity index (χ4v) is 6.38. The SMILES string of the molecule is [C-]#[N+]CC1(n2cc(-c3ncnc4c3cnn4COCC[Si](C)(C)C)cn2)CN(C2CCN(C(=O)OC(C)(C)C)CC2)C1.